The van der Waals surface area contributed by atoms with Gasteiger partial charge in [0.25, 0.3) is 5.56 Å². The Bertz CT molecular complexity index is 521. The summed E-state index contributed by atoms with van der Waals surface area (Å²) in [5.74, 6) is 0. The molecular formula is C13H16ClF3N2O. The Balaban J connectivity index is 2.14. The predicted molar refractivity (Wildman–Crippen MR) is 71.0 cm³/mol. The molecule has 1 unspecified atom stereocenters. The zero-order chi connectivity index (χ0) is 14.8. The first-order valence-electron chi connectivity index (χ1n) is 6.58. The number of aromatic nitrogens is 1. The zero-order valence-corrected chi connectivity index (χ0v) is 11.6. The van der Waals surface area contributed by atoms with Crippen molar-refractivity contribution in [3.63, 3.8) is 0 Å². The molecule has 7 heteroatoms. The number of halogens is 4. The van der Waals surface area contributed by atoms with Crippen molar-refractivity contribution >= 4 is 11.6 Å². The van der Waals surface area contributed by atoms with Crippen molar-refractivity contribution in [1.82, 2.24) is 9.88 Å². The number of hydrogen-bond acceptors (Lipinski definition) is 2. The standard InChI is InChI=1S/C13H16ClF3N2O/c14-11-7-9(13(15,16)17)8-19(12(11)20)6-4-10-3-1-2-5-18-10/h7-8,10,18H,1-6H2. The van der Waals surface area contributed by atoms with E-state index in [-0.39, 0.29) is 12.6 Å². The van der Waals surface area contributed by atoms with Crippen LogP contribution in [0.5, 0.6) is 0 Å². The van der Waals surface area contributed by atoms with E-state index in [1.54, 1.807) is 0 Å². The molecule has 0 radical (unpaired) electrons. The van der Waals surface area contributed by atoms with Gasteiger partial charge >= 0.3 is 6.18 Å². The van der Waals surface area contributed by atoms with Crippen molar-refractivity contribution in [1.29, 1.82) is 0 Å². The molecule has 1 saturated heterocycles. The molecule has 1 fully saturated rings. The van der Waals surface area contributed by atoms with Gasteiger partial charge < -0.3 is 9.88 Å². The van der Waals surface area contributed by atoms with E-state index in [0.29, 0.717) is 12.5 Å². The first-order chi connectivity index (χ1) is 9.38. The van der Waals surface area contributed by atoms with Crippen LogP contribution in [-0.2, 0) is 12.7 Å². The van der Waals surface area contributed by atoms with Crippen LogP contribution in [0.25, 0.3) is 0 Å². The smallest absolute Gasteiger partial charge is 0.314 e. The number of nitrogens with zero attached hydrogens (tertiary/aromatic N) is 1. The number of rotatable bonds is 3. The number of piperidine rings is 1. The Morgan fingerprint density at radius 1 is 1.40 bits per heavy atom. The fourth-order valence-corrected chi connectivity index (χ4v) is 2.61. The van der Waals surface area contributed by atoms with Crippen LogP contribution in [0.15, 0.2) is 17.1 Å². The molecule has 0 saturated carbocycles. The summed E-state index contributed by atoms with van der Waals surface area (Å²) in [4.78, 5) is 11.8. The van der Waals surface area contributed by atoms with E-state index in [1.807, 2.05) is 0 Å². The van der Waals surface area contributed by atoms with Crippen LogP contribution < -0.4 is 10.9 Å². The zero-order valence-electron chi connectivity index (χ0n) is 10.8. The lowest BCUT2D eigenvalue weighted by Crippen LogP contribution is -2.35. The average Bonchev–Trinajstić information content (AvgIpc) is 2.40. The second kappa shape index (κ2) is 6.18. The second-order valence-corrected chi connectivity index (χ2v) is 5.42. The summed E-state index contributed by atoms with van der Waals surface area (Å²) in [7, 11) is 0. The van der Waals surface area contributed by atoms with Crippen LogP contribution >= 0.6 is 11.6 Å². The summed E-state index contributed by atoms with van der Waals surface area (Å²) in [6, 6.07) is 0.933. The first kappa shape index (κ1) is 15.4. The van der Waals surface area contributed by atoms with E-state index in [4.69, 9.17) is 11.6 Å². The molecule has 1 N–H and O–H groups in total. The van der Waals surface area contributed by atoms with E-state index in [0.717, 1.165) is 36.6 Å². The monoisotopic (exact) mass is 308 g/mol. The summed E-state index contributed by atoms with van der Waals surface area (Å²) in [6.07, 6.45) is 0.181. The fraction of sp³-hybridized carbons (Fsp3) is 0.615. The van der Waals surface area contributed by atoms with Gasteiger partial charge in [-0.2, -0.15) is 13.2 Å². The molecule has 0 spiro atoms. The molecule has 0 aliphatic carbocycles. The third kappa shape index (κ3) is 3.76. The molecule has 1 aromatic heterocycles. The van der Waals surface area contributed by atoms with Crippen LogP contribution in [0.3, 0.4) is 0 Å². The van der Waals surface area contributed by atoms with Crippen LogP contribution in [0.2, 0.25) is 5.02 Å². The minimum absolute atomic E-state index is 0.236. The van der Waals surface area contributed by atoms with Gasteiger partial charge in [0.2, 0.25) is 0 Å². The summed E-state index contributed by atoms with van der Waals surface area (Å²) in [6.45, 7) is 1.16. The highest BCUT2D eigenvalue weighted by molar-refractivity contribution is 6.30. The summed E-state index contributed by atoms with van der Waals surface area (Å²) >= 11 is 5.60. The highest BCUT2D eigenvalue weighted by Crippen LogP contribution is 2.29. The lowest BCUT2D eigenvalue weighted by molar-refractivity contribution is -0.138. The summed E-state index contributed by atoms with van der Waals surface area (Å²) < 4.78 is 39.1. The minimum atomic E-state index is -4.50. The molecular weight excluding hydrogens is 293 g/mol. The van der Waals surface area contributed by atoms with Crippen molar-refractivity contribution in [3.05, 3.63) is 33.2 Å². The van der Waals surface area contributed by atoms with Crippen molar-refractivity contribution in [2.45, 2.75) is 44.4 Å². The van der Waals surface area contributed by atoms with Gasteiger partial charge in [0.1, 0.15) is 5.02 Å². The summed E-state index contributed by atoms with van der Waals surface area (Å²) in [5, 5.41) is 2.91. The maximum Gasteiger partial charge on any atom is 0.417 e. The van der Waals surface area contributed by atoms with Crippen LogP contribution in [0.1, 0.15) is 31.2 Å². The van der Waals surface area contributed by atoms with Gasteiger partial charge in [0.15, 0.2) is 0 Å². The van der Waals surface area contributed by atoms with Crippen molar-refractivity contribution < 1.29 is 13.2 Å². The van der Waals surface area contributed by atoms with Gasteiger partial charge in [-0.25, -0.2) is 0 Å². The predicted octanol–water partition coefficient (Wildman–Crippen LogP) is 3.05. The van der Waals surface area contributed by atoms with Gasteiger partial charge in [-0.05, 0) is 31.9 Å². The van der Waals surface area contributed by atoms with Gasteiger partial charge in [0, 0.05) is 18.8 Å². The molecule has 0 aromatic carbocycles. The van der Waals surface area contributed by atoms with Gasteiger partial charge in [-0.15, -0.1) is 0 Å². The maximum atomic E-state index is 12.7. The van der Waals surface area contributed by atoms with E-state index in [1.165, 1.54) is 0 Å². The summed E-state index contributed by atoms with van der Waals surface area (Å²) in [5.41, 5.74) is -1.46. The third-order valence-electron chi connectivity index (χ3n) is 3.50. The van der Waals surface area contributed by atoms with Crippen LogP contribution in [0, 0.1) is 0 Å². The molecule has 1 aromatic rings. The molecule has 20 heavy (non-hydrogen) atoms. The largest absolute Gasteiger partial charge is 0.417 e. The Morgan fingerprint density at radius 2 is 2.15 bits per heavy atom. The molecule has 3 nitrogen and oxygen atoms in total. The molecule has 2 rings (SSSR count). The van der Waals surface area contributed by atoms with Crippen molar-refractivity contribution in [2.24, 2.45) is 0 Å². The quantitative estimate of drug-likeness (QED) is 0.931. The van der Waals surface area contributed by atoms with Crippen molar-refractivity contribution in [2.75, 3.05) is 6.54 Å². The molecule has 112 valence electrons. The molecule has 0 bridgehead atoms. The van der Waals surface area contributed by atoms with Gasteiger partial charge in [-0.1, -0.05) is 18.0 Å². The lowest BCUT2D eigenvalue weighted by atomic mass is 10.0. The average molecular weight is 309 g/mol. The van der Waals surface area contributed by atoms with Crippen molar-refractivity contribution in [3.8, 4) is 0 Å². The van der Waals surface area contributed by atoms with E-state index in [2.05, 4.69) is 5.32 Å². The number of alkyl halides is 3. The Morgan fingerprint density at radius 3 is 2.75 bits per heavy atom. The Kier molecular flexibility index (Phi) is 4.75. The van der Waals surface area contributed by atoms with E-state index >= 15 is 0 Å². The Hall–Kier alpha value is -1.01. The molecule has 0 amide bonds. The minimum Gasteiger partial charge on any atom is -0.314 e. The number of nitrogens with one attached hydrogen (secondary N) is 1. The maximum absolute atomic E-state index is 12.7. The molecule has 1 aliphatic rings. The van der Waals surface area contributed by atoms with Crippen LogP contribution in [0.4, 0.5) is 13.2 Å². The normalized spacial score (nSPS) is 20.1. The first-order valence-corrected chi connectivity index (χ1v) is 6.96. The number of aryl methyl sites for hydroxylation is 1. The van der Waals surface area contributed by atoms with E-state index in [9.17, 15) is 18.0 Å². The second-order valence-electron chi connectivity index (χ2n) is 5.01. The number of hydrogen-bond donors (Lipinski definition) is 1. The highest BCUT2D eigenvalue weighted by atomic mass is 35.5. The van der Waals surface area contributed by atoms with Gasteiger partial charge in [0.05, 0.1) is 5.56 Å². The topological polar surface area (TPSA) is 34.0 Å². The Labute approximate surface area is 119 Å². The lowest BCUT2D eigenvalue weighted by Gasteiger charge is -2.23. The highest BCUT2D eigenvalue weighted by Gasteiger charge is 2.32. The van der Waals surface area contributed by atoms with Gasteiger partial charge in [-0.3, -0.25) is 4.79 Å². The SMILES string of the molecule is O=c1c(Cl)cc(C(F)(F)F)cn1CCC1CCCCN1. The molecule has 1 atom stereocenters. The van der Waals surface area contributed by atoms with E-state index < -0.39 is 22.3 Å². The number of pyridine rings is 1. The molecule has 2 heterocycles. The van der Waals surface area contributed by atoms with Crippen LogP contribution in [-0.4, -0.2) is 17.2 Å². The fourth-order valence-electron chi connectivity index (χ4n) is 2.39. The molecule has 1 aliphatic heterocycles. The third-order valence-corrected chi connectivity index (χ3v) is 3.77.